The average Bonchev–Trinajstić information content (AvgIpc) is 2.66. The van der Waals surface area contributed by atoms with E-state index in [1.807, 2.05) is 12.3 Å². The molecule has 82 valence electrons. The maximum Gasteiger partial charge on any atom is 0.0573 e. The summed E-state index contributed by atoms with van der Waals surface area (Å²) in [6.07, 6.45) is 4.78. The molecule has 15 heavy (non-hydrogen) atoms. The zero-order valence-electron chi connectivity index (χ0n) is 9.35. The first-order chi connectivity index (χ1) is 7.16. The number of pyridine rings is 1. The molecule has 2 heterocycles. The Labute approximate surface area is 90.7 Å². The van der Waals surface area contributed by atoms with E-state index in [0.29, 0.717) is 6.04 Å². The largest absolute Gasteiger partial charge is 0.397 e. The van der Waals surface area contributed by atoms with E-state index >= 15 is 0 Å². The highest BCUT2D eigenvalue weighted by Crippen LogP contribution is 2.22. The maximum atomic E-state index is 5.72. The van der Waals surface area contributed by atoms with Crippen molar-refractivity contribution in [2.45, 2.75) is 12.5 Å². The lowest BCUT2D eigenvalue weighted by Crippen LogP contribution is -2.31. The zero-order chi connectivity index (χ0) is 10.8. The van der Waals surface area contributed by atoms with E-state index < -0.39 is 0 Å². The van der Waals surface area contributed by atoms with Gasteiger partial charge in [0.05, 0.1) is 17.6 Å². The van der Waals surface area contributed by atoms with E-state index in [4.69, 9.17) is 5.73 Å². The molecule has 1 aliphatic rings. The van der Waals surface area contributed by atoms with E-state index in [1.165, 1.54) is 6.42 Å². The summed E-state index contributed by atoms with van der Waals surface area (Å²) in [6, 6.07) is 2.64. The van der Waals surface area contributed by atoms with Gasteiger partial charge in [-0.15, -0.1) is 0 Å². The number of aromatic nitrogens is 1. The summed E-state index contributed by atoms with van der Waals surface area (Å²) >= 11 is 0. The van der Waals surface area contributed by atoms with Crippen molar-refractivity contribution in [1.82, 2.24) is 9.88 Å². The molecule has 0 bridgehead atoms. The fourth-order valence-electron chi connectivity index (χ4n) is 2.02. The molecule has 2 rings (SSSR count). The summed E-state index contributed by atoms with van der Waals surface area (Å²) in [5.74, 6) is 0. The van der Waals surface area contributed by atoms with Gasteiger partial charge in [-0.25, -0.2) is 0 Å². The summed E-state index contributed by atoms with van der Waals surface area (Å²) < 4.78 is 0. The number of nitrogen functional groups attached to an aromatic ring is 1. The number of nitrogens with two attached hydrogens (primary N) is 1. The van der Waals surface area contributed by atoms with E-state index in [2.05, 4.69) is 28.9 Å². The van der Waals surface area contributed by atoms with E-state index in [9.17, 15) is 0 Å². The number of rotatable bonds is 2. The lowest BCUT2D eigenvalue weighted by atomic mass is 10.2. The van der Waals surface area contributed by atoms with Crippen molar-refractivity contribution in [3.63, 3.8) is 0 Å². The Hall–Kier alpha value is -1.29. The van der Waals surface area contributed by atoms with Crippen molar-refractivity contribution in [2.75, 3.05) is 37.8 Å². The molecular formula is C11H18N4. The Bertz CT molecular complexity index is 337. The molecule has 0 spiro atoms. The predicted octanol–water partition coefficient (Wildman–Crippen LogP) is 0.804. The number of nitrogens with zero attached hydrogens (tertiary/aromatic N) is 3. The van der Waals surface area contributed by atoms with Gasteiger partial charge in [-0.2, -0.15) is 0 Å². The fourth-order valence-corrected chi connectivity index (χ4v) is 2.02. The lowest BCUT2D eigenvalue weighted by molar-refractivity contribution is 0.315. The minimum absolute atomic E-state index is 0.645. The van der Waals surface area contributed by atoms with Crippen LogP contribution in [0.25, 0.3) is 0 Å². The van der Waals surface area contributed by atoms with Crippen LogP contribution in [0, 0.1) is 0 Å². The van der Waals surface area contributed by atoms with Gasteiger partial charge in [-0.1, -0.05) is 0 Å². The molecule has 1 saturated heterocycles. The van der Waals surface area contributed by atoms with Gasteiger partial charge < -0.3 is 15.5 Å². The molecule has 1 unspecified atom stereocenters. The molecule has 1 aliphatic heterocycles. The fraction of sp³-hybridized carbons (Fsp3) is 0.545. The van der Waals surface area contributed by atoms with Crippen LogP contribution in [0.3, 0.4) is 0 Å². The molecule has 0 saturated carbocycles. The summed E-state index contributed by atoms with van der Waals surface area (Å²) in [7, 11) is 4.26. The average molecular weight is 206 g/mol. The minimum atomic E-state index is 0.645. The Morgan fingerprint density at radius 3 is 2.87 bits per heavy atom. The monoisotopic (exact) mass is 206 g/mol. The Kier molecular flexibility index (Phi) is 2.77. The van der Waals surface area contributed by atoms with Gasteiger partial charge in [0.2, 0.25) is 0 Å². The quantitative estimate of drug-likeness (QED) is 0.777. The van der Waals surface area contributed by atoms with E-state index in [1.54, 1.807) is 6.20 Å². The SMILES string of the molecule is CN(C)C1CCN(c2cncc(N)c2)C1. The Balaban J connectivity index is 2.08. The third kappa shape index (κ3) is 2.21. The molecule has 1 aromatic heterocycles. The molecular weight excluding hydrogens is 188 g/mol. The normalized spacial score (nSPS) is 21.3. The van der Waals surface area contributed by atoms with Crippen molar-refractivity contribution in [2.24, 2.45) is 0 Å². The lowest BCUT2D eigenvalue weighted by Gasteiger charge is -2.21. The summed E-state index contributed by atoms with van der Waals surface area (Å²) in [5.41, 5.74) is 7.60. The van der Waals surface area contributed by atoms with Crippen molar-refractivity contribution < 1.29 is 0 Å². The number of likely N-dealkylation sites (N-methyl/N-ethyl adjacent to an activating group) is 1. The third-order valence-corrected chi connectivity index (χ3v) is 3.00. The molecule has 1 fully saturated rings. The second-order valence-corrected chi connectivity index (χ2v) is 4.33. The molecule has 4 heteroatoms. The van der Waals surface area contributed by atoms with E-state index in [0.717, 1.165) is 24.5 Å². The van der Waals surface area contributed by atoms with Gasteiger partial charge in [-0.05, 0) is 26.6 Å². The highest BCUT2D eigenvalue weighted by molar-refractivity contribution is 5.54. The smallest absolute Gasteiger partial charge is 0.0573 e. The highest BCUT2D eigenvalue weighted by atomic mass is 15.2. The maximum absolute atomic E-state index is 5.72. The Morgan fingerprint density at radius 1 is 1.47 bits per heavy atom. The molecule has 0 aliphatic carbocycles. The van der Waals surface area contributed by atoms with Crippen LogP contribution in [0.2, 0.25) is 0 Å². The second-order valence-electron chi connectivity index (χ2n) is 4.33. The van der Waals surface area contributed by atoms with Gasteiger partial charge in [0.25, 0.3) is 0 Å². The van der Waals surface area contributed by atoms with Crippen LogP contribution in [-0.4, -0.2) is 43.1 Å². The molecule has 4 nitrogen and oxygen atoms in total. The second kappa shape index (κ2) is 4.06. The highest BCUT2D eigenvalue weighted by Gasteiger charge is 2.24. The summed E-state index contributed by atoms with van der Waals surface area (Å²) in [6.45, 7) is 2.16. The molecule has 0 aromatic carbocycles. The number of hydrogen-bond acceptors (Lipinski definition) is 4. The first-order valence-electron chi connectivity index (χ1n) is 5.28. The Morgan fingerprint density at radius 2 is 2.27 bits per heavy atom. The molecule has 1 atom stereocenters. The van der Waals surface area contributed by atoms with Gasteiger partial charge in [-0.3, -0.25) is 4.98 Å². The van der Waals surface area contributed by atoms with Crippen LogP contribution < -0.4 is 10.6 Å². The first-order valence-corrected chi connectivity index (χ1v) is 5.28. The van der Waals surface area contributed by atoms with Crippen LogP contribution in [0.5, 0.6) is 0 Å². The van der Waals surface area contributed by atoms with E-state index in [-0.39, 0.29) is 0 Å². The van der Waals surface area contributed by atoms with Crippen LogP contribution in [-0.2, 0) is 0 Å². The van der Waals surface area contributed by atoms with Gasteiger partial charge in [0, 0.05) is 25.3 Å². The van der Waals surface area contributed by atoms with Crippen LogP contribution in [0.4, 0.5) is 11.4 Å². The van der Waals surface area contributed by atoms with Crippen molar-refractivity contribution in [3.8, 4) is 0 Å². The van der Waals surface area contributed by atoms with Crippen LogP contribution in [0.15, 0.2) is 18.5 Å². The van der Waals surface area contributed by atoms with Crippen molar-refractivity contribution in [3.05, 3.63) is 18.5 Å². The molecule has 0 radical (unpaired) electrons. The summed E-state index contributed by atoms with van der Waals surface area (Å²) in [5, 5.41) is 0. The molecule has 2 N–H and O–H groups in total. The number of hydrogen-bond donors (Lipinski definition) is 1. The molecule has 1 aromatic rings. The molecule has 0 amide bonds. The van der Waals surface area contributed by atoms with Gasteiger partial charge in [0.1, 0.15) is 0 Å². The van der Waals surface area contributed by atoms with Gasteiger partial charge >= 0.3 is 0 Å². The van der Waals surface area contributed by atoms with Crippen molar-refractivity contribution >= 4 is 11.4 Å². The topological polar surface area (TPSA) is 45.4 Å². The van der Waals surface area contributed by atoms with Crippen LogP contribution in [0.1, 0.15) is 6.42 Å². The predicted molar refractivity (Wildman–Crippen MR) is 63.0 cm³/mol. The zero-order valence-corrected chi connectivity index (χ0v) is 9.35. The van der Waals surface area contributed by atoms with Crippen LogP contribution >= 0.6 is 0 Å². The van der Waals surface area contributed by atoms with Crippen molar-refractivity contribution in [1.29, 1.82) is 0 Å². The summed E-state index contributed by atoms with van der Waals surface area (Å²) in [4.78, 5) is 8.74. The first kappa shape index (κ1) is 10.2. The minimum Gasteiger partial charge on any atom is -0.397 e. The van der Waals surface area contributed by atoms with Gasteiger partial charge in [0.15, 0.2) is 0 Å². The standard InChI is InChI=1S/C11H18N4/c1-14(2)10-3-4-15(8-10)11-5-9(12)6-13-7-11/h5-7,10H,3-4,8,12H2,1-2H3. The number of anilines is 2. The third-order valence-electron chi connectivity index (χ3n) is 3.00.